The summed E-state index contributed by atoms with van der Waals surface area (Å²) in [5.41, 5.74) is 5.26. The van der Waals surface area contributed by atoms with E-state index in [0.717, 1.165) is 28.7 Å². The van der Waals surface area contributed by atoms with Crippen LogP contribution in [0.25, 0.3) is 0 Å². The zero-order valence-electron chi connectivity index (χ0n) is 14.7. The van der Waals surface area contributed by atoms with Crippen molar-refractivity contribution in [1.82, 2.24) is 9.97 Å². The number of rotatable bonds is 5. The second kappa shape index (κ2) is 7.58. The highest BCUT2D eigenvalue weighted by Gasteiger charge is 2.08. The zero-order chi connectivity index (χ0) is 18.5. The number of nitriles is 1. The van der Waals surface area contributed by atoms with E-state index in [9.17, 15) is 4.79 Å². The molecule has 3 aromatic rings. The van der Waals surface area contributed by atoms with Crippen molar-refractivity contribution in [1.29, 1.82) is 5.26 Å². The van der Waals surface area contributed by atoms with Crippen LogP contribution in [0.3, 0.4) is 0 Å². The first-order chi connectivity index (χ1) is 12.6. The van der Waals surface area contributed by atoms with Gasteiger partial charge in [-0.3, -0.25) is 4.79 Å². The molecular weight excluding hydrogens is 324 g/mol. The fraction of sp³-hybridized carbons (Fsp3) is 0.143. The van der Waals surface area contributed by atoms with Gasteiger partial charge in [0.15, 0.2) is 0 Å². The largest absolute Gasteiger partial charge is 0.340 e. The van der Waals surface area contributed by atoms with Crippen LogP contribution in [0.2, 0.25) is 0 Å². The van der Waals surface area contributed by atoms with Crippen LogP contribution in [0.4, 0.5) is 11.5 Å². The van der Waals surface area contributed by atoms with Crippen LogP contribution < -0.4 is 5.32 Å². The van der Waals surface area contributed by atoms with E-state index in [-0.39, 0.29) is 0 Å². The van der Waals surface area contributed by atoms with Gasteiger partial charge in [0.2, 0.25) is 0 Å². The number of nitrogens with one attached hydrogen (secondary N) is 1. The first-order valence-electron chi connectivity index (χ1n) is 8.23. The van der Waals surface area contributed by atoms with E-state index in [1.54, 1.807) is 18.3 Å². The summed E-state index contributed by atoms with van der Waals surface area (Å²) in [7, 11) is 0. The Hall–Kier alpha value is -3.52. The maximum absolute atomic E-state index is 11.0. The molecule has 0 aliphatic heterocycles. The minimum atomic E-state index is 0.587. The predicted octanol–water partition coefficient (Wildman–Crippen LogP) is 4.11. The molecule has 1 aromatic heterocycles. The SMILES string of the molecule is Cc1cc(C=O)cc(C)c1Nc1ccnc(Cc2ccc(C#N)cc2)n1. The Labute approximate surface area is 152 Å². The number of anilines is 2. The van der Waals surface area contributed by atoms with Crippen molar-refractivity contribution in [3.8, 4) is 6.07 Å². The Morgan fingerprint density at radius 2 is 1.81 bits per heavy atom. The Morgan fingerprint density at radius 3 is 2.42 bits per heavy atom. The molecule has 5 nitrogen and oxygen atoms in total. The molecule has 0 fully saturated rings. The van der Waals surface area contributed by atoms with Gasteiger partial charge in [-0.1, -0.05) is 12.1 Å². The molecule has 3 rings (SSSR count). The summed E-state index contributed by atoms with van der Waals surface area (Å²) >= 11 is 0. The van der Waals surface area contributed by atoms with E-state index in [2.05, 4.69) is 21.4 Å². The van der Waals surface area contributed by atoms with Crippen LogP contribution in [-0.2, 0) is 6.42 Å². The Bertz CT molecular complexity index is 965. The van der Waals surface area contributed by atoms with Crippen LogP contribution in [0.1, 0.15) is 38.4 Å². The highest BCUT2D eigenvalue weighted by molar-refractivity contribution is 5.79. The second-order valence-electron chi connectivity index (χ2n) is 6.12. The van der Waals surface area contributed by atoms with Crippen molar-refractivity contribution in [3.05, 3.63) is 82.3 Å². The molecule has 0 atom stereocenters. The van der Waals surface area contributed by atoms with Gasteiger partial charge in [0.05, 0.1) is 11.6 Å². The number of hydrogen-bond donors (Lipinski definition) is 1. The third-order valence-corrected chi connectivity index (χ3v) is 4.09. The minimum absolute atomic E-state index is 0.587. The molecule has 1 N–H and O–H groups in total. The van der Waals surface area contributed by atoms with Gasteiger partial charge < -0.3 is 5.32 Å². The number of carbonyl (C=O) groups is 1. The number of aldehydes is 1. The fourth-order valence-corrected chi connectivity index (χ4v) is 2.82. The standard InChI is InChI=1S/C21H18N4O/c1-14-9-18(13-26)10-15(2)21(14)25-19-7-8-23-20(24-19)11-16-3-5-17(12-22)6-4-16/h3-10,13H,11H2,1-2H3,(H,23,24,25). The van der Waals surface area contributed by atoms with Crippen molar-refractivity contribution in [3.63, 3.8) is 0 Å². The molecule has 0 saturated heterocycles. The monoisotopic (exact) mass is 342 g/mol. The maximum Gasteiger partial charge on any atom is 0.150 e. The maximum atomic E-state index is 11.0. The molecule has 0 unspecified atom stereocenters. The van der Waals surface area contributed by atoms with E-state index in [4.69, 9.17) is 5.26 Å². The lowest BCUT2D eigenvalue weighted by Crippen LogP contribution is -2.03. The first-order valence-corrected chi connectivity index (χ1v) is 8.23. The van der Waals surface area contributed by atoms with Crippen LogP contribution in [0, 0.1) is 25.2 Å². The summed E-state index contributed by atoms with van der Waals surface area (Å²) in [4.78, 5) is 19.9. The van der Waals surface area contributed by atoms with Gasteiger partial charge in [0, 0.05) is 23.9 Å². The second-order valence-corrected chi connectivity index (χ2v) is 6.12. The molecule has 0 spiro atoms. The Kier molecular flexibility index (Phi) is 5.04. The molecule has 128 valence electrons. The third kappa shape index (κ3) is 3.93. The van der Waals surface area contributed by atoms with E-state index >= 15 is 0 Å². The summed E-state index contributed by atoms with van der Waals surface area (Å²) < 4.78 is 0. The Balaban J connectivity index is 1.81. The summed E-state index contributed by atoms with van der Waals surface area (Å²) in [6, 6.07) is 15.0. The molecule has 0 amide bonds. The molecule has 2 aromatic carbocycles. The molecule has 0 bridgehead atoms. The third-order valence-electron chi connectivity index (χ3n) is 4.09. The van der Waals surface area contributed by atoms with Crippen molar-refractivity contribution in [2.75, 3.05) is 5.32 Å². The zero-order valence-corrected chi connectivity index (χ0v) is 14.7. The van der Waals surface area contributed by atoms with Gasteiger partial charge in [-0.25, -0.2) is 9.97 Å². The molecule has 0 aliphatic rings. The smallest absolute Gasteiger partial charge is 0.150 e. The van der Waals surface area contributed by atoms with Crippen LogP contribution in [0.15, 0.2) is 48.7 Å². The van der Waals surface area contributed by atoms with Gasteiger partial charge >= 0.3 is 0 Å². The van der Waals surface area contributed by atoms with Crippen LogP contribution in [-0.4, -0.2) is 16.3 Å². The van der Waals surface area contributed by atoms with Crippen molar-refractivity contribution >= 4 is 17.8 Å². The summed E-state index contributed by atoms with van der Waals surface area (Å²) in [5, 5.41) is 12.2. The van der Waals surface area contributed by atoms with E-state index < -0.39 is 0 Å². The van der Waals surface area contributed by atoms with Gasteiger partial charge in [0.25, 0.3) is 0 Å². The summed E-state index contributed by atoms with van der Waals surface area (Å²) in [6.07, 6.45) is 3.16. The average Bonchev–Trinajstić information content (AvgIpc) is 2.65. The van der Waals surface area contributed by atoms with E-state index in [1.807, 2.05) is 44.2 Å². The van der Waals surface area contributed by atoms with Crippen molar-refractivity contribution in [2.24, 2.45) is 0 Å². The molecular formula is C21H18N4O. The summed E-state index contributed by atoms with van der Waals surface area (Å²) in [5.74, 6) is 1.40. The lowest BCUT2D eigenvalue weighted by molar-refractivity contribution is 0.112. The molecule has 26 heavy (non-hydrogen) atoms. The Morgan fingerprint density at radius 1 is 1.12 bits per heavy atom. The van der Waals surface area contributed by atoms with Crippen molar-refractivity contribution in [2.45, 2.75) is 20.3 Å². The number of benzene rings is 2. The number of aromatic nitrogens is 2. The fourth-order valence-electron chi connectivity index (χ4n) is 2.82. The lowest BCUT2D eigenvalue weighted by Gasteiger charge is -2.13. The molecule has 1 heterocycles. The first kappa shape index (κ1) is 17.3. The van der Waals surface area contributed by atoms with Crippen molar-refractivity contribution < 1.29 is 4.79 Å². The number of hydrogen-bond acceptors (Lipinski definition) is 5. The molecule has 0 radical (unpaired) electrons. The molecule has 5 heteroatoms. The van der Waals surface area contributed by atoms with Crippen LogP contribution in [0.5, 0.6) is 0 Å². The van der Waals surface area contributed by atoms with Gasteiger partial charge in [0.1, 0.15) is 17.9 Å². The van der Waals surface area contributed by atoms with E-state index in [0.29, 0.717) is 29.2 Å². The molecule has 0 saturated carbocycles. The number of aryl methyl sites for hydroxylation is 2. The van der Waals surface area contributed by atoms with Crippen LogP contribution >= 0.6 is 0 Å². The van der Waals surface area contributed by atoms with Gasteiger partial charge in [-0.05, 0) is 60.9 Å². The predicted molar refractivity (Wildman–Crippen MR) is 101 cm³/mol. The van der Waals surface area contributed by atoms with E-state index in [1.165, 1.54) is 0 Å². The highest BCUT2D eigenvalue weighted by Crippen LogP contribution is 2.25. The normalized spacial score (nSPS) is 10.2. The number of nitrogens with zero attached hydrogens (tertiary/aromatic N) is 3. The van der Waals surface area contributed by atoms with Gasteiger partial charge in [-0.15, -0.1) is 0 Å². The highest BCUT2D eigenvalue weighted by atomic mass is 16.1. The number of carbonyl (C=O) groups excluding carboxylic acids is 1. The van der Waals surface area contributed by atoms with Gasteiger partial charge in [-0.2, -0.15) is 5.26 Å². The average molecular weight is 342 g/mol. The quantitative estimate of drug-likeness (QED) is 0.706. The molecule has 0 aliphatic carbocycles. The summed E-state index contributed by atoms with van der Waals surface area (Å²) in [6.45, 7) is 3.92. The topological polar surface area (TPSA) is 78.7 Å². The minimum Gasteiger partial charge on any atom is -0.340 e. The lowest BCUT2D eigenvalue weighted by atomic mass is 10.0.